The van der Waals surface area contributed by atoms with Gasteiger partial charge >= 0.3 is 6.03 Å². The minimum Gasteiger partial charge on any atom is -0.338 e. The zero-order valence-corrected chi connectivity index (χ0v) is 14.3. The molecule has 0 aromatic rings. The molecule has 0 aromatic carbocycles. The predicted molar refractivity (Wildman–Crippen MR) is 83.2 cm³/mol. The molecule has 0 radical (unpaired) electrons. The lowest BCUT2D eigenvalue weighted by molar-refractivity contribution is -0.134. The molecule has 0 unspecified atom stereocenters. The van der Waals surface area contributed by atoms with E-state index in [0.29, 0.717) is 45.6 Å². The molecule has 2 rings (SSSR count). The third-order valence-corrected chi connectivity index (χ3v) is 7.32. The standard InChI is InChI=1S/C14H25N3O4S/c1-4-15-13(19)17-9-7-16(8-10-17)12(18)14(2,3)22(20,21)11-5-6-11/h11H,4-10H2,1-3H3,(H,15,19). The molecule has 0 spiro atoms. The second-order valence-corrected chi connectivity index (χ2v) is 9.15. The molecule has 22 heavy (non-hydrogen) atoms. The number of nitrogens with zero attached hydrogens (tertiary/aromatic N) is 2. The Morgan fingerprint density at radius 2 is 1.59 bits per heavy atom. The van der Waals surface area contributed by atoms with Crippen molar-refractivity contribution in [2.75, 3.05) is 32.7 Å². The third-order valence-electron chi connectivity index (χ3n) is 4.37. The molecule has 8 heteroatoms. The van der Waals surface area contributed by atoms with Gasteiger partial charge in [0.2, 0.25) is 5.91 Å². The first kappa shape index (κ1) is 17.1. The van der Waals surface area contributed by atoms with E-state index in [9.17, 15) is 18.0 Å². The summed E-state index contributed by atoms with van der Waals surface area (Å²) >= 11 is 0. The van der Waals surface area contributed by atoms with Gasteiger partial charge in [-0.1, -0.05) is 0 Å². The number of hydrogen-bond donors (Lipinski definition) is 1. The molecule has 1 heterocycles. The van der Waals surface area contributed by atoms with Crippen LogP contribution in [0.15, 0.2) is 0 Å². The maximum Gasteiger partial charge on any atom is 0.317 e. The van der Waals surface area contributed by atoms with E-state index in [4.69, 9.17) is 0 Å². The Morgan fingerprint density at radius 3 is 2.05 bits per heavy atom. The fourth-order valence-electron chi connectivity index (χ4n) is 2.67. The summed E-state index contributed by atoms with van der Waals surface area (Å²) in [6.45, 7) is 7.01. The topological polar surface area (TPSA) is 86.8 Å². The highest BCUT2D eigenvalue weighted by Crippen LogP contribution is 2.37. The van der Waals surface area contributed by atoms with E-state index in [2.05, 4.69) is 5.32 Å². The zero-order chi connectivity index (χ0) is 16.5. The molecule has 1 aliphatic carbocycles. The second kappa shape index (κ2) is 6.06. The van der Waals surface area contributed by atoms with Gasteiger partial charge in [0, 0.05) is 32.7 Å². The van der Waals surface area contributed by atoms with Crippen LogP contribution in [0.3, 0.4) is 0 Å². The summed E-state index contributed by atoms with van der Waals surface area (Å²) in [7, 11) is -3.44. The van der Waals surface area contributed by atoms with Crippen LogP contribution in [-0.2, 0) is 14.6 Å². The number of amides is 3. The van der Waals surface area contributed by atoms with E-state index in [1.165, 1.54) is 13.8 Å². The zero-order valence-electron chi connectivity index (χ0n) is 13.5. The molecule has 2 fully saturated rings. The Labute approximate surface area is 131 Å². The van der Waals surface area contributed by atoms with Crippen molar-refractivity contribution in [3.05, 3.63) is 0 Å². The van der Waals surface area contributed by atoms with Crippen LogP contribution in [0.25, 0.3) is 0 Å². The first-order valence-electron chi connectivity index (χ1n) is 7.77. The molecule has 7 nitrogen and oxygen atoms in total. The average molecular weight is 331 g/mol. The molecular formula is C14H25N3O4S. The van der Waals surface area contributed by atoms with Crippen molar-refractivity contribution in [1.29, 1.82) is 0 Å². The fourth-order valence-corrected chi connectivity index (χ4v) is 4.64. The fraction of sp³-hybridized carbons (Fsp3) is 0.857. The second-order valence-electron chi connectivity index (χ2n) is 6.37. The van der Waals surface area contributed by atoms with Crippen LogP contribution in [0.2, 0.25) is 0 Å². The number of nitrogens with one attached hydrogen (secondary N) is 1. The summed E-state index contributed by atoms with van der Waals surface area (Å²) in [4.78, 5) is 27.6. The van der Waals surface area contributed by atoms with Crippen molar-refractivity contribution in [1.82, 2.24) is 15.1 Å². The highest BCUT2D eigenvalue weighted by Gasteiger charge is 2.51. The van der Waals surface area contributed by atoms with Gasteiger partial charge < -0.3 is 15.1 Å². The van der Waals surface area contributed by atoms with Crippen molar-refractivity contribution in [3.8, 4) is 0 Å². The van der Waals surface area contributed by atoms with Gasteiger partial charge in [-0.3, -0.25) is 4.79 Å². The van der Waals surface area contributed by atoms with E-state index in [-0.39, 0.29) is 17.2 Å². The number of carbonyl (C=O) groups excluding carboxylic acids is 2. The van der Waals surface area contributed by atoms with E-state index in [0.717, 1.165) is 0 Å². The summed E-state index contributed by atoms with van der Waals surface area (Å²) in [5.41, 5.74) is 0. The maximum absolute atomic E-state index is 12.6. The lowest BCUT2D eigenvalue weighted by atomic mass is 10.1. The average Bonchev–Trinajstić information content (AvgIpc) is 3.31. The maximum atomic E-state index is 12.6. The van der Waals surface area contributed by atoms with Crippen LogP contribution < -0.4 is 5.32 Å². The highest BCUT2D eigenvalue weighted by atomic mass is 32.2. The molecule has 1 saturated carbocycles. The van der Waals surface area contributed by atoms with Crippen molar-refractivity contribution in [2.45, 2.75) is 43.6 Å². The molecule has 2 aliphatic rings. The summed E-state index contributed by atoms with van der Waals surface area (Å²) < 4.78 is 23.5. The van der Waals surface area contributed by atoms with Crippen LogP contribution >= 0.6 is 0 Å². The quantitative estimate of drug-likeness (QED) is 0.798. The van der Waals surface area contributed by atoms with E-state index in [1.54, 1.807) is 9.80 Å². The number of rotatable bonds is 4. The first-order valence-corrected chi connectivity index (χ1v) is 9.32. The largest absolute Gasteiger partial charge is 0.338 e. The molecule has 0 bridgehead atoms. The SMILES string of the molecule is CCNC(=O)N1CCN(C(=O)C(C)(C)S(=O)(=O)C2CC2)CC1. The van der Waals surface area contributed by atoms with Crippen molar-refractivity contribution < 1.29 is 18.0 Å². The molecule has 0 atom stereocenters. The minimum atomic E-state index is -3.44. The summed E-state index contributed by atoms with van der Waals surface area (Å²) in [6.07, 6.45) is 1.31. The molecule has 1 N–H and O–H groups in total. The monoisotopic (exact) mass is 331 g/mol. The van der Waals surface area contributed by atoms with Crippen molar-refractivity contribution in [2.24, 2.45) is 0 Å². The van der Waals surface area contributed by atoms with Gasteiger partial charge in [0.05, 0.1) is 5.25 Å². The lowest BCUT2D eigenvalue weighted by Crippen LogP contribution is -2.58. The van der Waals surface area contributed by atoms with Gasteiger partial charge in [0.15, 0.2) is 9.84 Å². The van der Waals surface area contributed by atoms with Gasteiger partial charge in [0.25, 0.3) is 0 Å². The number of carbonyl (C=O) groups is 2. The summed E-state index contributed by atoms with van der Waals surface area (Å²) in [6, 6.07) is -0.139. The van der Waals surface area contributed by atoms with Crippen molar-refractivity contribution >= 4 is 21.8 Å². The van der Waals surface area contributed by atoms with Gasteiger partial charge in [-0.05, 0) is 33.6 Å². The van der Waals surface area contributed by atoms with Gasteiger partial charge in [-0.25, -0.2) is 13.2 Å². The van der Waals surface area contributed by atoms with Crippen molar-refractivity contribution in [3.63, 3.8) is 0 Å². The van der Waals surface area contributed by atoms with Crippen LogP contribution in [0, 0.1) is 0 Å². The molecule has 126 valence electrons. The minimum absolute atomic E-state index is 0.139. The van der Waals surface area contributed by atoms with Crippen LogP contribution in [0.5, 0.6) is 0 Å². The normalized spacial score (nSPS) is 20.0. The van der Waals surface area contributed by atoms with Gasteiger partial charge in [-0.15, -0.1) is 0 Å². The van der Waals surface area contributed by atoms with E-state index >= 15 is 0 Å². The molecular weight excluding hydrogens is 306 g/mol. The molecule has 3 amide bonds. The molecule has 1 aliphatic heterocycles. The smallest absolute Gasteiger partial charge is 0.317 e. The molecule has 1 saturated heterocycles. The Morgan fingerprint density at radius 1 is 1.09 bits per heavy atom. The number of sulfone groups is 1. The lowest BCUT2D eigenvalue weighted by Gasteiger charge is -2.38. The van der Waals surface area contributed by atoms with E-state index < -0.39 is 14.6 Å². The number of urea groups is 1. The third kappa shape index (κ3) is 3.06. The highest BCUT2D eigenvalue weighted by molar-refractivity contribution is 7.94. The van der Waals surface area contributed by atoms with Gasteiger partial charge in [0.1, 0.15) is 4.75 Å². The summed E-state index contributed by atoms with van der Waals surface area (Å²) in [5.74, 6) is -0.352. The summed E-state index contributed by atoms with van der Waals surface area (Å²) in [5, 5.41) is 2.37. The van der Waals surface area contributed by atoms with Gasteiger partial charge in [-0.2, -0.15) is 0 Å². The Hall–Kier alpha value is -1.31. The van der Waals surface area contributed by atoms with Crippen LogP contribution in [0.4, 0.5) is 4.79 Å². The van der Waals surface area contributed by atoms with Crippen LogP contribution in [0.1, 0.15) is 33.6 Å². The van der Waals surface area contributed by atoms with Crippen LogP contribution in [-0.4, -0.2) is 72.9 Å². The number of hydrogen-bond acceptors (Lipinski definition) is 4. The Balaban J connectivity index is 1.99. The Kier molecular flexibility index (Phi) is 4.70. The Bertz CT molecular complexity index is 546. The number of piperazine rings is 1. The predicted octanol–water partition coefficient (Wildman–Crippen LogP) is 0.216. The molecule has 0 aromatic heterocycles. The first-order chi connectivity index (χ1) is 10.2. The van der Waals surface area contributed by atoms with E-state index in [1.807, 2.05) is 6.92 Å².